The van der Waals surface area contributed by atoms with Gasteiger partial charge in [-0.1, -0.05) is 37.1 Å². The molecule has 7 nitrogen and oxygen atoms in total. The summed E-state index contributed by atoms with van der Waals surface area (Å²) in [4.78, 5) is 16.4. The average Bonchev–Trinajstić information content (AvgIpc) is 3.29. The van der Waals surface area contributed by atoms with Crippen LogP contribution >= 0.6 is 0 Å². The van der Waals surface area contributed by atoms with Crippen molar-refractivity contribution in [3.05, 3.63) is 53.9 Å². The molecule has 1 saturated carbocycles. The number of carbonyl (C=O) groups is 1. The van der Waals surface area contributed by atoms with Crippen molar-refractivity contribution in [3.8, 4) is 0 Å². The molecule has 1 aliphatic carbocycles. The minimum Gasteiger partial charge on any atom is -0.385 e. The van der Waals surface area contributed by atoms with Crippen LogP contribution in [-0.4, -0.2) is 26.3 Å². The minimum absolute atomic E-state index is 0.338. The van der Waals surface area contributed by atoms with Gasteiger partial charge in [-0.05, 0) is 24.0 Å². The van der Waals surface area contributed by atoms with E-state index < -0.39 is 5.60 Å². The van der Waals surface area contributed by atoms with Crippen LogP contribution in [0.2, 0.25) is 0 Å². The van der Waals surface area contributed by atoms with Crippen molar-refractivity contribution in [1.29, 1.82) is 0 Å². The number of H-pyrrole nitrogens is 1. The Kier molecular flexibility index (Phi) is 4.30. The fourth-order valence-electron chi connectivity index (χ4n) is 3.55. The molecule has 1 aliphatic rings. The summed E-state index contributed by atoms with van der Waals surface area (Å²) >= 11 is 0. The second-order valence-electron chi connectivity index (χ2n) is 6.65. The smallest absolute Gasteiger partial charge is 0.320 e. The molecule has 0 unspecified atom stereocenters. The fourth-order valence-corrected chi connectivity index (χ4v) is 3.55. The highest BCUT2D eigenvalue weighted by molar-refractivity contribution is 5.90. The Labute approximate surface area is 150 Å². The molecule has 0 aliphatic heterocycles. The molecule has 0 saturated heterocycles. The molecule has 26 heavy (non-hydrogen) atoms. The van der Waals surface area contributed by atoms with Gasteiger partial charge in [0.15, 0.2) is 0 Å². The predicted molar refractivity (Wildman–Crippen MR) is 97.4 cm³/mol. The summed E-state index contributed by atoms with van der Waals surface area (Å²) in [6.07, 6.45) is 7.94. The molecule has 4 N–H and O–H groups in total. The lowest BCUT2D eigenvalue weighted by atomic mass is 9.88. The lowest BCUT2D eigenvalue weighted by Gasteiger charge is -2.25. The number of anilines is 1. The zero-order valence-corrected chi connectivity index (χ0v) is 14.2. The van der Waals surface area contributed by atoms with E-state index in [1.807, 2.05) is 24.3 Å². The summed E-state index contributed by atoms with van der Waals surface area (Å²) in [6, 6.07) is 9.08. The highest BCUT2D eigenvalue weighted by Crippen LogP contribution is 2.39. The van der Waals surface area contributed by atoms with Crippen LogP contribution in [0.25, 0.3) is 10.9 Å². The summed E-state index contributed by atoms with van der Waals surface area (Å²) < 4.78 is 0. The number of amides is 2. The molecule has 4 rings (SSSR count). The number of hydrogen-bond acceptors (Lipinski definition) is 4. The zero-order chi connectivity index (χ0) is 18.0. The highest BCUT2D eigenvalue weighted by atomic mass is 16.3. The Morgan fingerprint density at radius 1 is 1.31 bits per heavy atom. The number of fused-ring (bicyclic) bond motifs is 1. The number of aliphatic hydroxyl groups is 1. The maximum Gasteiger partial charge on any atom is 0.320 e. The summed E-state index contributed by atoms with van der Waals surface area (Å²) in [5.41, 5.74) is 1.81. The number of carbonyl (C=O) groups excluding carboxylic acids is 1. The fraction of sp³-hybridized carbons (Fsp3) is 0.316. The Morgan fingerprint density at radius 2 is 2.12 bits per heavy atom. The van der Waals surface area contributed by atoms with Crippen LogP contribution in [0.1, 0.15) is 36.8 Å². The molecule has 0 atom stereocenters. The monoisotopic (exact) mass is 350 g/mol. The van der Waals surface area contributed by atoms with E-state index in [0.717, 1.165) is 47.7 Å². The van der Waals surface area contributed by atoms with E-state index in [9.17, 15) is 9.90 Å². The zero-order valence-electron chi connectivity index (χ0n) is 14.2. The van der Waals surface area contributed by atoms with Crippen molar-refractivity contribution < 1.29 is 9.90 Å². The van der Waals surface area contributed by atoms with Crippen LogP contribution in [0.4, 0.5) is 10.6 Å². The maximum atomic E-state index is 12.2. The number of nitrogens with zero attached hydrogens (tertiary/aromatic N) is 2. The third-order valence-electron chi connectivity index (χ3n) is 4.89. The van der Waals surface area contributed by atoms with Crippen LogP contribution in [0.15, 0.2) is 36.5 Å². The first-order valence-corrected chi connectivity index (χ1v) is 8.71. The SMILES string of the molecule is O=C(NCc1ccccc1C1(O)CCCC1)Nc1cc2[nH]n[c]c2cn1. The van der Waals surface area contributed by atoms with Gasteiger partial charge in [0, 0.05) is 24.2 Å². The van der Waals surface area contributed by atoms with Crippen molar-refractivity contribution in [2.45, 2.75) is 37.8 Å². The first kappa shape index (κ1) is 16.5. The maximum absolute atomic E-state index is 12.2. The molecule has 0 bridgehead atoms. The lowest BCUT2D eigenvalue weighted by molar-refractivity contribution is 0.0435. The Morgan fingerprint density at radius 3 is 2.96 bits per heavy atom. The normalized spacial score (nSPS) is 15.9. The molecular formula is C19H20N5O2. The second-order valence-corrected chi connectivity index (χ2v) is 6.65. The second kappa shape index (κ2) is 6.76. The Balaban J connectivity index is 1.43. The van der Waals surface area contributed by atoms with E-state index in [1.54, 1.807) is 12.3 Å². The van der Waals surface area contributed by atoms with Crippen molar-refractivity contribution in [1.82, 2.24) is 20.5 Å². The Hall–Kier alpha value is -2.93. The Bertz CT molecular complexity index is 930. The molecule has 7 heteroatoms. The van der Waals surface area contributed by atoms with Crippen LogP contribution in [0.5, 0.6) is 0 Å². The van der Waals surface area contributed by atoms with E-state index in [1.165, 1.54) is 0 Å². The number of urea groups is 1. The van der Waals surface area contributed by atoms with Crippen LogP contribution in [0.3, 0.4) is 0 Å². The first-order valence-electron chi connectivity index (χ1n) is 8.71. The van der Waals surface area contributed by atoms with Gasteiger partial charge in [0.05, 0.1) is 11.1 Å². The number of pyridine rings is 1. The lowest BCUT2D eigenvalue weighted by Crippen LogP contribution is -2.30. The van der Waals surface area contributed by atoms with Crippen LogP contribution in [-0.2, 0) is 12.1 Å². The van der Waals surface area contributed by atoms with Crippen molar-refractivity contribution >= 4 is 22.8 Å². The number of rotatable bonds is 4. The minimum atomic E-state index is -0.779. The van der Waals surface area contributed by atoms with Crippen LogP contribution in [0, 0.1) is 6.20 Å². The topological polar surface area (TPSA) is 103 Å². The van der Waals surface area contributed by atoms with Crippen molar-refractivity contribution in [2.75, 3.05) is 5.32 Å². The molecule has 1 aromatic carbocycles. The number of aromatic amines is 1. The van der Waals surface area contributed by atoms with Gasteiger partial charge in [-0.25, -0.2) is 9.78 Å². The van der Waals surface area contributed by atoms with Gasteiger partial charge < -0.3 is 10.4 Å². The van der Waals surface area contributed by atoms with E-state index in [0.29, 0.717) is 12.4 Å². The van der Waals surface area contributed by atoms with E-state index in [4.69, 9.17) is 0 Å². The summed E-state index contributed by atoms with van der Waals surface area (Å²) in [5, 5.41) is 23.8. The summed E-state index contributed by atoms with van der Waals surface area (Å²) in [5.74, 6) is 0.426. The molecule has 2 aromatic heterocycles. The van der Waals surface area contributed by atoms with E-state index in [-0.39, 0.29) is 6.03 Å². The number of benzene rings is 1. The van der Waals surface area contributed by atoms with Gasteiger partial charge in [0.25, 0.3) is 0 Å². The van der Waals surface area contributed by atoms with Crippen LogP contribution < -0.4 is 10.6 Å². The van der Waals surface area contributed by atoms with Gasteiger partial charge in [-0.2, -0.15) is 5.10 Å². The van der Waals surface area contributed by atoms with Gasteiger partial charge in [-0.15, -0.1) is 0 Å². The number of hydrogen-bond donors (Lipinski definition) is 4. The molecule has 0 spiro atoms. The van der Waals surface area contributed by atoms with Gasteiger partial charge >= 0.3 is 6.03 Å². The molecule has 1 radical (unpaired) electrons. The van der Waals surface area contributed by atoms with E-state index >= 15 is 0 Å². The predicted octanol–water partition coefficient (Wildman–Crippen LogP) is 2.84. The third kappa shape index (κ3) is 3.25. The number of nitrogens with one attached hydrogen (secondary N) is 3. The summed E-state index contributed by atoms with van der Waals surface area (Å²) in [6.45, 7) is 0.338. The molecular weight excluding hydrogens is 330 g/mol. The first-order chi connectivity index (χ1) is 12.6. The van der Waals surface area contributed by atoms with Gasteiger partial charge in [-0.3, -0.25) is 10.4 Å². The highest BCUT2D eigenvalue weighted by Gasteiger charge is 2.34. The van der Waals surface area contributed by atoms with Gasteiger partial charge in [0.1, 0.15) is 12.0 Å². The third-order valence-corrected chi connectivity index (χ3v) is 4.89. The average molecular weight is 350 g/mol. The van der Waals surface area contributed by atoms with Crippen molar-refractivity contribution in [2.24, 2.45) is 0 Å². The number of aromatic nitrogens is 3. The standard InChI is InChI=1S/C19H20N5O2/c25-18(23-17-9-16-14(11-20-17)12-22-24-16)21-10-13-5-1-2-6-15(13)19(26)7-3-4-8-19/h1-2,5-6,9,11,26H,3-4,7-8,10H2,(H,22,24)(H2,20,21,23,25). The van der Waals surface area contributed by atoms with Crippen molar-refractivity contribution in [3.63, 3.8) is 0 Å². The quantitative estimate of drug-likeness (QED) is 0.581. The summed E-state index contributed by atoms with van der Waals surface area (Å²) in [7, 11) is 0. The van der Waals surface area contributed by atoms with Gasteiger partial charge in [0.2, 0.25) is 0 Å². The molecule has 1 fully saturated rings. The van der Waals surface area contributed by atoms with E-state index in [2.05, 4.69) is 32.0 Å². The molecule has 2 heterocycles. The largest absolute Gasteiger partial charge is 0.385 e. The molecule has 2 amide bonds. The molecule has 133 valence electrons. The molecule has 3 aromatic rings.